The van der Waals surface area contributed by atoms with E-state index >= 15 is 0 Å². The molecule has 1 saturated heterocycles. The van der Waals surface area contributed by atoms with Crippen molar-refractivity contribution in [3.05, 3.63) is 0 Å². The van der Waals surface area contributed by atoms with Gasteiger partial charge in [-0.15, -0.1) is 0 Å². The molecule has 1 aliphatic heterocycles. The number of hydrogen-bond donors (Lipinski definition) is 0. The molecule has 1 aliphatic rings. The number of halogens is 1. The first kappa shape index (κ1) is 6.15. The van der Waals surface area contributed by atoms with Crippen LogP contribution in [0.1, 0.15) is 19.3 Å². The van der Waals surface area contributed by atoms with E-state index in [1.165, 1.54) is 19.3 Å². The van der Waals surface area contributed by atoms with Gasteiger partial charge in [0.15, 0.2) is 0 Å². The third kappa shape index (κ3) is 2.18. The summed E-state index contributed by atoms with van der Waals surface area (Å²) < 4.78 is 0. The Morgan fingerprint density at radius 2 is 1.57 bits per heavy atom. The van der Waals surface area contributed by atoms with E-state index in [0.717, 1.165) is 0 Å². The Morgan fingerprint density at radius 1 is 1.00 bits per heavy atom. The van der Waals surface area contributed by atoms with E-state index in [4.69, 9.17) is 0 Å². The zero-order valence-corrected chi connectivity index (χ0v) is 8.10. The Bertz CT molecular complexity index is 50.0. The van der Waals surface area contributed by atoms with E-state index in [-0.39, 0.29) is 0 Å². The van der Waals surface area contributed by atoms with Gasteiger partial charge in [0.05, 0.1) is 0 Å². The van der Waals surface area contributed by atoms with Gasteiger partial charge in [-0.3, -0.25) is 0 Å². The Balaban J connectivity index is 2.12. The molecule has 0 unspecified atom stereocenters. The molecule has 1 fully saturated rings. The third-order valence-electron chi connectivity index (χ3n) is 1.40. The van der Waals surface area contributed by atoms with Crippen LogP contribution < -0.4 is 0 Å². The van der Waals surface area contributed by atoms with Gasteiger partial charge < -0.3 is 0 Å². The monoisotopic (exact) mass is 223 g/mol. The van der Waals surface area contributed by atoms with Gasteiger partial charge >= 0.3 is 56.3 Å². The van der Waals surface area contributed by atoms with Crippen LogP contribution in [0.25, 0.3) is 0 Å². The molecular formula is C5H10BrGe. The predicted molar refractivity (Wildman–Crippen MR) is 38.1 cm³/mol. The molecule has 0 nitrogen and oxygen atoms in total. The third-order valence-corrected chi connectivity index (χ3v) is 9.28. The second kappa shape index (κ2) is 3.13. The van der Waals surface area contributed by atoms with Gasteiger partial charge in [-0.25, -0.2) is 0 Å². The minimum atomic E-state index is -0.508. The maximum absolute atomic E-state index is 3.75. The predicted octanol–water partition coefficient (Wildman–Crippen LogP) is 2.56. The average Bonchev–Trinajstić information content (AvgIpc) is 1.69. The van der Waals surface area contributed by atoms with E-state index < -0.39 is 12.5 Å². The molecule has 0 aliphatic carbocycles. The number of rotatable bonds is 0. The van der Waals surface area contributed by atoms with Crippen LogP contribution in [0.5, 0.6) is 0 Å². The van der Waals surface area contributed by atoms with Crippen LogP contribution in [-0.2, 0) is 0 Å². The van der Waals surface area contributed by atoms with Crippen molar-refractivity contribution in [1.29, 1.82) is 0 Å². The van der Waals surface area contributed by atoms with E-state index in [9.17, 15) is 0 Å². The molecule has 0 bridgehead atoms. The van der Waals surface area contributed by atoms with Gasteiger partial charge in [0, 0.05) is 0 Å². The molecule has 0 saturated carbocycles. The molecule has 0 aromatic heterocycles. The first-order valence-corrected chi connectivity index (χ1v) is 10.8. The summed E-state index contributed by atoms with van der Waals surface area (Å²) in [5.74, 6) is 0. The summed E-state index contributed by atoms with van der Waals surface area (Å²) in [4.78, 5) is 0. The summed E-state index contributed by atoms with van der Waals surface area (Å²) in [6.45, 7) is 0. The minimum absolute atomic E-state index is 0.508. The van der Waals surface area contributed by atoms with E-state index in [1.54, 1.807) is 10.5 Å². The standard InChI is InChI=1S/C5H10BrGe/c6-7-4-2-1-3-5-7/h1-5H2. The van der Waals surface area contributed by atoms with Gasteiger partial charge in [0.2, 0.25) is 0 Å². The SMILES string of the molecule is [Br][Ge]1[CH2]CCC[CH2]1. The molecular weight excluding hydrogens is 213 g/mol. The van der Waals surface area contributed by atoms with E-state index in [1.807, 2.05) is 0 Å². The Kier molecular flexibility index (Phi) is 2.75. The van der Waals surface area contributed by atoms with Crippen LogP contribution in [-0.4, -0.2) is 12.5 Å². The Labute approximate surface area is 56.4 Å². The molecule has 0 aromatic carbocycles. The van der Waals surface area contributed by atoms with Crippen LogP contribution in [0.2, 0.25) is 10.5 Å². The summed E-state index contributed by atoms with van der Waals surface area (Å²) in [7, 11) is 0. The van der Waals surface area contributed by atoms with Crippen molar-refractivity contribution < 1.29 is 0 Å². The molecule has 0 N–H and O–H groups in total. The number of hydrogen-bond acceptors (Lipinski definition) is 0. The van der Waals surface area contributed by atoms with Crippen LogP contribution >= 0.6 is 14.0 Å². The van der Waals surface area contributed by atoms with Crippen LogP contribution in [0.3, 0.4) is 0 Å². The molecule has 7 heavy (non-hydrogen) atoms. The van der Waals surface area contributed by atoms with Crippen LogP contribution in [0.4, 0.5) is 0 Å². The maximum atomic E-state index is 3.75. The first-order chi connectivity index (χ1) is 3.39. The molecule has 1 heterocycles. The van der Waals surface area contributed by atoms with Crippen molar-refractivity contribution in [1.82, 2.24) is 0 Å². The van der Waals surface area contributed by atoms with Crippen molar-refractivity contribution in [2.75, 3.05) is 0 Å². The Hall–Kier alpha value is 1.02. The molecule has 0 amide bonds. The average molecular weight is 223 g/mol. The molecule has 0 aromatic rings. The summed E-state index contributed by atoms with van der Waals surface area (Å²) in [6.07, 6.45) is 4.53. The van der Waals surface area contributed by atoms with Crippen molar-refractivity contribution in [3.63, 3.8) is 0 Å². The van der Waals surface area contributed by atoms with Crippen LogP contribution in [0.15, 0.2) is 0 Å². The van der Waals surface area contributed by atoms with Crippen molar-refractivity contribution in [2.24, 2.45) is 0 Å². The molecule has 0 spiro atoms. The molecule has 41 valence electrons. The molecule has 1 rings (SSSR count). The Morgan fingerprint density at radius 3 is 1.86 bits per heavy atom. The normalized spacial score (nSPS) is 25.3. The fourth-order valence-corrected chi connectivity index (χ4v) is 7.03. The molecule has 1 radical (unpaired) electrons. The van der Waals surface area contributed by atoms with Crippen molar-refractivity contribution in [3.8, 4) is 0 Å². The zero-order valence-electron chi connectivity index (χ0n) is 4.41. The zero-order chi connectivity index (χ0) is 5.11. The fraction of sp³-hybridized carbons (Fsp3) is 1.00. The molecule has 2 heteroatoms. The summed E-state index contributed by atoms with van der Waals surface area (Å²) in [5.41, 5.74) is 0. The molecule has 0 atom stereocenters. The summed E-state index contributed by atoms with van der Waals surface area (Å²) in [5, 5.41) is 3.14. The van der Waals surface area contributed by atoms with Crippen molar-refractivity contribution in [2.45, 2.75) is 29.8 Å². The van der Waals surface area contributed by atoms with Crippen LogP contribution in [0, 0.1) is 0 Å². The second-order valence-electron chi connectivity index (χ2n) is 2.08. The van der Waals surface area contributed by atoms with Gasteiger partial charge in [-0.05, 0) is 0 Å². The summed E-state index contributed by atoms with van der Waals surface area (Å²) >= 11 is 3.25. The van der Waals surface area contributed by atoms with Gasteiger partial charge in [-0.1, -0.05) is 0 Å². The second-order valence-corrected chi connectivity index (χ2v) is 12.2. The topological polar surface area (TPSA) is 0 Å². The van der Waals surface area contributed by atoms with Gasteiger partial charge in [0.1, 0.15) is 0 Å². The fourth-order valence-electron chi connectivity index (χ4n) is 0.935. The first-order valence-electron chi connectivity index (χ1n) is 2.90. The van der Waals surface area contributed by atoms with Gasteiger partial charge in [0.25, 0.3) is 0 Å². The quantitative estimate of drug-likeness (QED) is 0.553. The van der Waals surface area contributed by atoms with Gasteiger partial charge in [-0.2, -0.15) is 0 Å². The summed E-state index contributed by atoms with van der Waals surface area (Å²) in [6, 6.07) is 0. The van der Waals surface area contributed by atoms with E-state index in [0.29, 0.717) is 0 Å². The van der Waals surface area contributed by atoms with Crippen molar-refractivity contribution >= 4 is 26.5 Å². The van der Waals surface area contributed by atoms with E-state index in [2.05, 4.69) is 14.0 Å².